The maximum atomic E-state index is 12.5. The summed E-state index contributed by atoms with van der Waals surface area (Å²) >= 11 is 6.09. The van der Waals surface area contributed by atoms with E-state index in [1.54, 1.807) is 18.2 Å². The molecule has 0 saturated carbocycles. The number of amides is 1. The monoisotopic (exact) mass is 325 g/mol. The van der Waals surface area contributed by atoms with Gasteiger partial charge in [0, 0.05) is 27.5 Å². The first-order valence-corrected chi connectivity index (χ1v) is 7.40. The van der Waals surface area contributed by atoms with Crippen LogP contribution in [0.3, 0.4) is 0 Å². The molecule has 2 aromatic carbocycles. The Balaban J connectivity index is 1.97. The Labute approximate surface area is 137 Å². The topological polar surface area (TPSA) is 62.7 Å². The lowest BCUT2D eigenvalue weighted by Crippen LogP contribution is -2.12. The molecule has 1 amide bonds. The third-order valence-electron chi connectivity index (χ3n) is 3.84. The van der Waals surface area contributed by atoms with E-state index in [1.165, 1.54) is 7.11 Å². The fourth-order valence-electron chi connectivity index (χ4n) is 2.88. The number of anilines is 2. The first-order valence-electron chi connectivity index (χ1n) is 7.02. The van der Waals surface area contributed by atoms with Crippen molar-refractivity contribution in [3.8, 4) is 0 Å². The van der Waals surface area contributed by atoms with E-state index in [0.29, 0.717) is 22.0 Å². The highest BCUT2D eigenvalue weighted by molar-refractivity contribution is 6.40. The SMILES string of the molecule is CO/N=C1/C(=C2/C(=O)Nc3ccc(Cl)cc32)Nc2ccccc21. The van der Waals surface area contributed by atoms with E-state index in [-0.39, 0.29) is 5.91 Å². The number of nitrogens with zero attached hydrogens (tertiary/aromatic N) is 1. The van der Waals surface area contributed by atoms with Gasteiger partial charge in [0.25, 0.3) is 5.91 Å². The van der Waals surface area contributed by atoms with Crippen LogP contribution in [-0.2, 0) is 9.63 Å². The molecule has 2 aliphatic rings. The fourth-order valence-corrected chi connectivity index (χ4v) is 3.05. The highest BCUT2D eigenvalue weighted by Gasteiger charge is 2.34. The van der Waals surface area contributed by atoms with Crippen molar-refractivity contribution in [2.75, 3.05) is 17.7 Å². The second-order valence-corrected chi connectivity index (χ2v) is 5.62. The van der Waals surface area contributed by atoms with Crippen LogP contribution >= 0.6 is 11.6 Å². The average Bonchev–Trinajstić information content (AvgIpc) is 3.05. The molecular weight excluding hydrogens is 314 g/mol. The summed E-state index contributed by atoms with van der Waals surface area (Å²) in [4.78, 5) is 17.5. The summed E-state index contributed by atoms with van der Waals surface area (Å²) in [6.07, 6.45) is 0. The maximum Gasteiger partial charge on any atom is 0.258 e. The van der Waals surface area contributed by atoms with E-state index in [1.807, 2.05) is 24.3 Å². The van der Waals surface area contributed by atoms with Crippen molar-refractivity contribution in [2.45, 2.75) is 0 Å². The van der Waals surface area contributed by atoms with E-state index in [2.05, 4.69) is 15.8 Å². The second-order valence-electron chi connectivity index (χ2n) is 5.19. The normalized spacial score (nSPS) is 20.1. The van der Waals surface area contributed by atoms with E-state index < -0.39 is 0 Å². The lowest BCUT2D eigenvalue weighted by atomic mass is 10.0. The Morgan fingerprint density at radius 3 is 2.65 bits per heavy atom. The molecule has 2 aromatic rings. The summed E-state index contributed by atoms with van der Waals surface area (Å²) in [5.74, 6) is -0.193. The van der Waals surface area contributed by atoms with Gasteiger partial charge in [-0.2, -0.15) is 0 Å². The molecular formula is C17H12ClN3O2. The lowest BCUT2D eigenvalue weighted by Gasteiger charge is -2.06. The van der Waals surface area contributed by atoms with Crippen molar-refractivity contribution in [2.24, 2.45) is 5.16 Å². The molecule has 0 saturated heterocycles. The number of nitrogens with one attached hydrogen (secondary N) is 2. The van der Waals surface area contributed by atoms with Crippen LogP contribution in [0, 0.1) is 0 Å². The van der Waals surface area contributed by atoms with Gasteiger partial charge in [0.15, 0.2) is 0 Å². The minimum absolute atomic E-state index is 0.193. The zero-order valence-corrected chi connectivity index (χ0v) is 12.9. The van der Waals surface area contributed by atoms with Crippen LogP contribution < -0.4 is 10.6 Å². The zero-order chi connectivity index (χ0) is 16.0. The highest BCUT2D eigenvalue weighted by atomic mass is 35.5. The molecule has 5 nitrogen and oxygen atoms in total. The largest absolute Gasteiger partial charge is 0.399 e. The third-order valence-corrected chi connectivity index (χ3v) is 4.07. The number of hydrogen-bond donors (Lipinski definition) is 2. The smallest absolute Gasteiger partial charge is 0.258 e. The Morgan fingerprint density at radius 2 is 1.83 bits per heavy atom. The van der Waals surface area contributed by atoms with Gasteiger partial charge >= 0.3 is 0 Å². The number of hydrogen-bond acceptors (Lipinski definition) is 4. The van der Waals surface area contributed by atoms with E-state index in [0.717, 1.165) is 22.5 Å². The van der Waals surface area contributed by atoms with Gasteiger partial charge in [-0.25, -0.2) is 0 Å². The minimum Gasteiger partial charge on any atom is -0.399 e. The molecule has 0 bridgehead atoms. The van der Waals surface area contributed by atoms with Crippen LogP contribution in [0.4, 0.5) is 11.4 Å². The Bertz CT molecular complexity index is 902. The van der Waals surface area contributed by atoms with Gasteiger partial charge in [0.1, 0.15) is 12.8 Å². The van der Waals surface area contributed by atoms with Gasteiger partial charge in [-0.1, -0.05) is 35.0 Å². The van der Waals surface area contributed by atoms with Crippen LogP contribution in [0.2, 0.25) is 5.02 Å². The van der Waals surface area contributed by atoms with Crippen molar-refractivity contribution in [1.82, 2.24) is 0 Å². The molecule has 4 rings (SSSR count). The molecule has 2 heterocycles. The van der Waals surface area contributed by atoms with Crippen molar-refractivity contribution in [3.05, 3.63) is 64.3 Å². The van der Waals surface area contributed by atoms with Crippen molar-refractivity contribution in [3.63, 3.8) is 0 Å². The molecule has 0 radical (unpaired) electrons. The molecule has 0 aromatic heterocycles. The Morgan fingerprint density at radius 1 is 1.04 bits per heavy atom. The third kappa shape index (κ3) is 2.09. The zero-order valence-electron chi connectivity index (χ0n) is 12.2. The fraction of sp³-hybridized carbons (Fsp3) is 0.0588. The number of fused-ring (bicyclic) bond motifs is 2. The van der Waals surface area contributed by atoms with E-state index in [9.17, 15) is 4.79 Å². The van der Waals surface area contributed by atoms with Crippen molar-refractivity contribution < 1.29 is 9.63 Å². The molecule has 114 valence electrons. The summed E-state index contributed by atoms with van der Waals surface area (Å²) in [6, 6.07) is 13.0. The predicted octanol–water partition coefficient (Wildman–Crippen LogP) is 3.48. The van der Waals surface area contributed by atoms with Crippen LogP contribution in [0.25, 0.3) is 5.57 Å². The van der Waals surface area contributed by atoms with Gasteiger partial charge in [-0.05, 0) is 24.3 Å². The van der Waals surface area contributed by atoms with Gasteiger partial charge in [0.2, 0.25) is 0 Å². The molecule has 2 aliphatic heterocycles. The quantitative estimate of drug-likeness (QED) is 0.623. The number of rotatable bonds is 1. The van der Waals surface area contributed by atoms with Crippen LogP contribution in [-0.4, -0.2) is 18.7 Å². The summed E-state index contributed by atoms with van der Waals surface area (Å²) in [7, 11) is 1.48. The van der Waals surface area contributed by atoms with Gasteiger partial charge < -0.3 is 15.5 Å². The number of carbonyl (C=O) groups excluding carboxylic acids is 1. The summed E-state index contributed by atoms with van der Waals surface area (Å²) in [5, 5.41) is 10.8. The summed E-state index contributed by atoms with van der Waals surface area (Å²) in [5.41, 5.74) is 4.98. The average molecular weight is 326 g/mol. The maximum absolute atomic E-state index is 12.5. The molecule has 0 spiro atoms. The van der Waals surface area contributed by atoms with Gasteiger partial charge in [-0.3, -0.25) is 4.79 Å². The first-order chi connectivity index (χ1) is 11.2. The molecule has 6 heteroatoms. The Kier molecular flexibility index (Phi) is 3.09. The summed E-state index contributed by atoms with van der Waals surface area (Å²) < 4.78 is 0. The summed E-state index contributed by atoms with van der Waals surface area (Å²) in [6.45, 7) is 0. The van der Waals surface area contributed by atoms with Crippen LogP contribution in [0.15, 0.2) is 53.3 Å². The molecule has 0 fully saturated rings. The number of para-hydroxylation sites is 1. The molecule has 23 heavy (non-hydrogen) atoms. The van der Waals surface area contributed by atoms with Crippen molar-refractivity contribution >= 4 is 40.2 Å². The number of carbonyl (C=O) groups is 1. The van der Waals surface area contributed by atoms with Crippen LogP contribution in [0.1, 0.15) is 11.1 Å². The predicted molar refractivity (Wildman–Crippen MR) is 90.6 cm³/mol. The van der Waals surface area contributed by atoms with E-state index in [4.69, 9.17) is 16.4 Å². The van der Waals surface area contributed by atoms with Crippen LogP contribution in [0.5, 0.6) is 0 Å². The lowest BCUT2D eigenvalue weighted by molar-refractivity contribution is -0.110. The first kappa shape index (κ1) is 13.8. The molecule has 0 aliphatic carbocycles. The second kappa shape index (κ2) is 5.14. The molecule has 0 unspecified atom stereocenters. The van der Waals surface area contributed by atoms with Gasteiger partial charge in [0.05, 0.1) is 11.3 Å². The van der Waals surface area contributed by atoms with Crippen molar-refractivity contribution in [1.29, 1.82) is 0 Å². The number of allylic oxidation sites excluding steroid dienone is 1. The number of oxime groups is 1. The molecule has 0 atom stereocenters. The standard InChI is InChI=1S/C17H12ClN3O2/c1-23-21-15-10-4-2-3-5-12(10)19-16(15)14-11-8-9(18)6-7-13(11)20-17(14)22/h2-8,19H,1H3,(H,20,22)/b16-14-,21-15+. The highest BCUT2D eigenvalue weighted by Crippen LogP contribution is 2.39. The van der Waals surface area contributed by atoms with E-state index >= 15 is 0 Å². The number of benzene rings is 2. The molecule has 2 N–H and O–H groups in total. The minimum atomic E-state index is -0.193. The Hall–Kier alpha value is -2.79. The van der Waals surface area contributed by atoms with Gasteiger partial charge in [-0.15, -0.1) is 0 Å². The number of halogens is 1.